The standard InChI is InChI=1S/C17H15BrN6/c1-19-9-15-22-23-16-10-21-17(13-4-2-3-7-20-13)12-8-11(18)5-6-14(12)24(15)16/h2-8,19H,9-10H2,1H3. The summed E-state index contributed by atoms with van der Waals surface area (Å²) in [5, 5.41) is 11.8. The van der Waals surface area contributed by atoms with Gasteiger partial charge in [0, 0.05) is 16.2 Å². The van der Waals surface area contributed by atoms with Crippen molar-refractivity contribution in [3.8, 4) is 5.69 Å². The van der Waals surface area contributed by atoms with Gasteiger partial charge in [0.25, 0.3) is 0 Å². The zero-order valence-electron chi connectivity index (χ0n) is 13.1. The molecule has 0 atom stereocenters. The Labute approximate surface area is 147 Å². The molecule has 1 aliphatic heterocycles. The van der Waals surface area contributed by atoms with Crippen LogP contribution in [-0.4, -0.2) is 32.5 Å². The number of benzene rings is 1. The van der Waals surface area contributed by atoms with E-state index in [1.807, 2.05) is 31.3 Å². The average molecular weight is 383 g/mol. The van der Waals surface area contributed by atoms with Crippen molar-refractivity contribution in [1.82, 2.24) is 25.1 Å². The third-order valence-corrected chi connectivity index (χ3v) is 4.37. The highest BCUT2D eigenvalue weighted by atomic mass is 79.9. The van der Waals surface area contributed by atoms with Gasteiger partial charge in [-0.2, -0.15) is 0 Å². The van der Waals surface area contributed by atoms with E-state index in [0.717, 1.165) is 38.8 Å². The summed E-state index contributed by atoms with van der Waals surface area (Å²) < 4.78 is 3.08. The Balaban J connectivity index is 1.96. The minimum atomic E-state index is 0.467. The van der Waals surface area contributed by atoms with Crippen molar-refractivity contribution in [3.05, 3.63) is 70.0 Å². The van der Waals surface area contributed by atoms with Crippen molar-refractivity contribution in [2.24, 2.45) is 4.99 Å². The number of pyridine rings is 1. The maximum atomic E-state index is 4.78. The van der Waals surface area contributed by atoms with Crippen LogP contribution in [0.2, 0.25) is 0 Å². The summed E-state index contributed by atoms with van der Waals surface area (Å²) in [4.78, 5) is 9.26. The number of fused-ring (bicyclic) bond motifs is 3. The number of aromatic nitrogens is 4. The van der Waals surface area contributed by atoms with Crippen molar-refractivity contribution in [1.29, 1.82) is 0 Å². The van der Waals surface area contributed by atoms with Crippen LogP contribution in [0.4, 0.5) is 0 Å². The smallest absolute Gasteiger partial charge is 0.159 e. The van der Waals surface area contributed by atoms with Gasteiger partial charge in [0.2, 0.25) is 0 Å². The molecule has 0 amide bonds. The second-order valence-electron chi connectivity index (χ2n) is 5.44. The van der Waals surface area contributed by atoms with Crippen LogP contribution in [0.1, 0.15) is 22.9 Å². The summed E-state index contributed by atoms with van der Waals surface area (Å²) in [6.07, 6.45) is 1.78. The third kappa shape index (κ3) is 2.55. The van der Waals surface area contributed by atoms with Gasteiger partial charge in [-0.3, -0.25) is 14.5 Å². The Morgan fingerprint density at radius 2 is 2.12 bits per heavy atom. The second-order valence-corrected chi connectivity index (χ2v) is 6.36. The molecular weight excluding hydrogens is 368 g/mol. The highest BCUT2D eigenvalue weighted by molar-refractivity contribution is 9.10. The first-order chi connectivity index (χ1) is 11.8. The summed E-state index contributed by atoms with van der Waals surface area (Å²) in [6.45, 7) is 1.11. The molecule has 3 heterocycles. The topological polar surface area (TPSA) is 68.0 Å². The molecule has 0 fully saturated rings. The van der Waals surface area contributed by atoms with Crippen LogP contribution >= 0.6 is 15.9 Å². The third-order valence-electron chi connectivity index (χ3n) is 3.87. The maximum Gasteiger partial charge on any atom is 0.159 e. The average Bonchev–Trinajstić information content (AvgIpc) is 2.92. The molecule has 0 radical (unpaired) electrons. The van der Waals surface area contributed by atoms with Crippen LogP contribution in [0.3, 0.4) is 0 Å². The van der Waals surface area contributed by atoms with Gasteiger partial charge in [-0.1, -0.05) is 22.0 Å². The molecule has 0 saturated carbocycles. The summed E-state index contributed by atoms with van der Waals surface area (Å²) >= 11 is 3.57. The molecule has 1 aliphatic rings. The van der Waals surface area contributed by atoms with Crippen LogP contribution < -0.4 is 5.32 Å². The van der Waals surface area contributed by atoms with E-state index in [1.54, 1.807) is 6.20 Å². The van der Waals surface area contributed by atoms with Gasteiger partial charge in [-0.25, -0.2) is 0 Å². The Morgan fingerprint density at radius 1 is 1.21 bits per heavy atom. The molecule has 3 aromatic rings. The van der Waals surface area contributed by atoms with E-state index in [-0.39, 0.29) is 0 Å². The van der Waals surface area contributed by atoms with Gasteiger partial charge in [-0.05, 0) is 37.4 Å². The minimum Gasteiger partial charge on any atom is -0.313 e. The highest BCUT2D eigenvalue weighted by Gasteiger charge is 2.23. The van der Waals surface area contributed by atoms with E-state index < -0.39 is 0 Å². The predicted octanol–water partition coefficient (Wildman–Crippen LogP) is 2.50. The number of hydrogen-bond acceptors (Lipinski definition) is 5. The van der Waals surface area contributed by atoms with Gasteiger partial charge in [0.1, 0.15) is 6.54 Å². The molecule has 120 valence electrons. The number of hydrogen-bond donors (Lipinski definition) is 1. The van der Waals surface area contributed by atoms with E-state index in [1.165, 1.54) is 0 Å². The summed E-state index contributed by atoms with van der Waals surface area (Å²) in [6, 6.07) is 12.0. The van der Waals surface area contributed by atoms with Crippen molar-refractivity contribution in [2.45, 2.75) is 13.1 Å². The van der Waals surface area contributed by atoms with E-state index >= 15 is 0 Å². The number of aliphatic imine (C=N–C) groups is 1. The Morgan fingerprint density at radius 3 is 2.92 bits per heavy atom. The molecule has 0 aliphatic carbocycles. The molecule has 0 bridgehead atoms. The Bertz CT molecular complexity index is 916. The molecule has 24 heavy (non-hydrogen) atoms. The molecular formula is C17H15BrN6. The van der Waals surface area contributed by atoms with Crippen molar-refractivity contribution in [2.75, 3.05) is 7.05 Å². The lowest BCUT2D eigenvalue weighted by atomic mass is 10.0. The fraction of sp³-hybridized carbons (Fsp3) is 0.176. The molecule has 7 heteroatoms. The van der Waals surface area contributed by atoms with Crippen molar-refractivity contribution < 1.29 is 0 Å². The van der Waals surface area contributed by atoms with Gasteiger partial charge in [0.15, 0.2) is 11.6 Å². The maximum absolute atomic E-state index is 4.78. The van der Waals surface area contributed by atoms with Crippen LogP contribution in [0.25, 0.3) is 5.69 Å². The van der Waals surface area contributed by atoms with Crippen molar-refractivity contribution >= 4 is 21.6 Å². The van der Waals surface area contributed by atoms with Gasteiger partial charge < -0.3 is 5.32 Å². The van der Waals surface area contributed by atoms with Gasteiger partial charge in [-0.15, -0.1) is 10.2 Å². The first-order valence-corrected chi connectivity index (χ1v) is 8.41. The highest BCUT2D eigenvalue weighted by Crippen LogP contribution is 2.27. The van der Waals surface area contributed by atoms with Crippen LogP contribution in [-0.2, 0) is 13.1 Å². The predicted molar refractivity (Wildman–Crippen MR) is 95.4 cm³/mol. The molecule has 0 spiro atoms. The number of rotatable bonds is 3. The fourth-order valence-electron chi connectivity index (χ4n) is 2.86. The minimum absolute atomic E-state index is 0.467. The van der Waals surface area contributed by atoms with E-state index in [4.69, 9.17) is 4.99 Å². The van der Waals surface area contributed by atoms with Crippen molar-refractivity contribution in [3.63, 3.8) is 0 Å². The zero-order valence-corrected chi connectivity index (χ0v) is 14.7. The molecule has 0 unspecified atom stereocenters. The van der Waals surface area contributed by atoms with E-state index in [9.17, 15) is 0 Å². The number of halogens is 1. The van der Waals surface area contributed by atoms with Gasteiger partial charge >= 0.3 is 0 Å². The molecule has 6 nitrogen and oxygen atoms in total. The summed E-state index contributed by atoms with van der Waals surface area (Å²) in [7, 11) is 1.90. The number of nitrogens with one attached hydrogen (secondary N) is 1. The zero-order chi connectivity index (χ0) is 16.5. The lowest BCUT2D eigenvalue weighted by Gasteiger charge is -2.13. The molecule has 4 rings (SSSR count). The first kappa shape index (κ1) is 15.2. The largest absolute Gasteiger partial charge is 0.313 e. The second kappa shape index (κ2) is 6.26. The molecule has 1 N–H and O–H groups in total. The summed E-state index contributed by atoms with van der Waals surface area (Å²) in [5.74, 6) is 1.70. The van der Waals surface area contributed by atoms with Crippen LogP contribution in [0.5, 0.6) is 0 Å². The monoisotopic (exact) mass is 382 g/mol. The van der Waals surface area contributed by atoms with Crippen LogP contribution in [0, 0.1) is 0 Å². The van der Waals surface area contributed by atoms with E-state index in [0.29, 0.717) is 13.1 Å². The molecule has 2 aromatic heterocycles. The molecule has 0 saturated heterocycles. The van der Waals surface area contributed by atoms with Gasteiger partial charge in [0.05, 0.1) is 23.6 Å². The quantitative estimate of drug-likeness (QED) is 0.755. The van der Waals surface area contributed by atoms with Crippen LogP contribution in [0.15, 0.2) is 52.1 Å². The fourth-order valence-corrected chi connectivity index (χ4v) is 3.22. The lowest BCUT2D eigenvalue weighted by Crippen LogP contribution is -2.14. The SMILES string of the molecule is CNCc1nnc2n1-c1ccc(Br)cc1C(c1ccccn1)=NC2. The summed E-state index contributed by atoms with van der Waals surface area (Å²) in [5.41, 5.74) is 3.75. The van der Waals surface area contributed by atoms with E-state index in [2.05, 4.69) is 53.1 Å². The lowest BCUT2D eigenvalue weighted by molar-refractivity contribution is 0.731. The molecule has 1 aromatic carbocycles. The number of nitrogens with zero attached hydrogens (tertiary/aromatic N) is 5. The normalized spacial score (nSPS) is 13.0. The Kier molecular flexibility index (Phi) is 3.95. The first-order valence-electron chi connectivity index (χ1n) is 7.62. The Hall–Kier alpha value is -2.38.